The average molecular weight is 313 g/mol. The first-order chi connectivity index (χ1) is 9.04. The Bertz CT molecular complexity index is 602. The van der Waals surface area contributed by atoms with Crippen LogP contribution in [0.1, 0.15) is 0 Å². The number of halogens is 2. The van der Waals surface area contributed by atoms with E-state index >= 15 is 0 Å². The number of aromatic hydroxyl groups is 1. The Morgan fingerprint density at radius 2 is 1.68 bits per heavy atom. The zero-order valence-electron chi connectivity index (χ0n) is 9.65. The molecule has 0 aliphatic rings. The van der Waals surface area contributed by atoms with Crippen LogP contribution in [0.2, 0.25) is 10.0 Å². The summed E-state index contributed by atoms with van der Waals surface area (Å²) in [5, 5.41) is 16.6. The summed E-state index contributed by atoms with van der Waals surface area (Å²) < 4.78 is 0. The lowest BCUT2D eigenvalue weighted by Gasteiger charge is -2.12. The molecular formula is C13H10Cl2N2OS. The standard InChI is InChI=1S/C13H10Cl2N2OS/c14-8-1-6-12(11(15)7-8)17-13(19)16-9-2-4-10(18)5-3-9/h1-7,18H,(H2,16,17,19). The quantitative estimate of drug-likeness (QED) is 0.564. The molecule has 0 aromatic heterocycles. The maximum Gasteiger partial charge on any atom is 0.175 e. The Morgan fingerprint density at radius 3 is 2.32 bits per heavy atom. The summed E-state index contributed by atoms with van der Waals surface area (Å²) in [5.74, 6) is 0.199. The SMILES string of the molecule is Oc1ccc(NC(=S)Nc2ccc(Cl)cc2Cl)cc1. The number of benzene rings is 2. The third-order valence-corrected chi connectivity index (χ3v) is 3.06. The van der Waals surface area contributed by atoms with Crippen molar-refractivity contribution in [3.8, 4) is 5.75 Å². The van der Waals surface area contributed by atoms with Crippen LogP contribution in [0.15, 0.2) is 42.5 Å². The minimum absolute atomic E-state index is 0.199. The van der Waals surface area contributed by atoms with Crippen LogP contribution < -0.4 is 10.6 Å². The Morgan fingerprint density at radius 1 is 1.00 bits per heavy atom. The van der Waals surface area contributed by atoms with Gasteiger partial charge >= 0.3 is 0 Å². The highest BCUT2D eigenvalue weighted by Crippen LogP contribution is 2.25. The van der Waals surface area contributed by atoms with E-state index in [1.807, 2.05) is 0 Å². The molecule has 0 heterocycles. The first-order valence-electron chi connectivity index (χ1n) is 5.37. The second kappa shape index (κ2) is 6.10. The molecule has 0 saturated carbocycles. The van der Waals surface area contributed by atoms with Gasteiger partial charge in [0.25, 0.3) is 0 Å². The van der Waals surface area contributed by atoms with Crippen LogP contribution in [0.4, 0.5) is 11.4 Å². The molecule has 2 aromatic carbocycles. The average Bonchev–Trinajstić information content (AvgIpc) is 2.36. The van der Waals surface area contributed by atoms with Crippen LogP contribution in [0, 0.1) is 0 Å². The zero-order chi connectivity index (χ0) is 13.8. The Labute approximate surface area is 126 Å². The van der Waals surface area contributed by atoms with Gasteiger partial charge in [0.2, 0.25) is 0 Å². The maximum absolute atomic E-state index is 9.18. The number of rotatable bonds is 2. The van der Waals surface area contributed by atoms with Crippen LogP contribution in [0.5, 0.6) is 5.75 Å². The normalized spacial score (nSPS) is 10.0. The summed E-state index contributed by atoms with van der Waals surface area (Å²) in [4.78, 5) is 0. The summed E-state index contributed by atoms with van der Waals surface area (Å²) in [6.45, 7) is 0. The predicted octanol–water partition coefficient (Wildman–Crippen LogP) is 4.51. The first kappa shape index (κ1) is 13.9. The third kappa shape index (κ3) is 3.99. The van der Waals surface area contributed by atoms with E-state index in [4.69, 9.17) is 35.4 Å². The second-order valence-corrected chi connectivity index (χ2v) is 5.00. The summed E-state index contributed by atoms with van der Waals surface area (Å²) in [5.41, 5.74) is 1.43. The van der Waals surface area contributed by atoms with Crippen molar-refractivity contribution in [2.24, 2.45) is 0 Å². The molecule has 3 N–H and O–H groups in total. The summed E-state index contributed by atoms with van der Waals surface area (Å²) >= 11 is 17.0. The Kier molecular flexibility index (Phi) is 4.47. The van der Waals surface area contributed by atoms with Crippen LogP contribution in [0.25, 0.3) is 0 Å². The van der Waals surface area contributed by atoms with Crippen LogP contribution in [-0.2, 0) is 0 Å². The molecular weight excluding hydrogens is 303 g/mol. The van der Waals surface area contributed by atoms with Gasteiger partial charge in [-0.3, -0.25) is 0 Å². The topological polar surface area (TPSA) is 44.3 Å². The van der Waals surface area contributed by atoms with Gasteiger partial charge in [0.05, 0.1) is 10.7 Å². The fourth-order valence-corrected chi connectivity index (χ4v) is 2.10. The number of thiocarbonyl (C=S) groups is 1. The predicted molar refractivity (Wildman–Crippen MR) is 84.4 cm³/mol. The highest BCUT2D eigenvalue weighted by molar-refractivity contribution is 7.80. The molecule has 6 heteroatoms. The van der Waals surface area contributed by atoms with E-state index in [1.165, 1.54) is 0 Å². The van der Waals surface area contributed by atoms with Crippen molar-refractivity contribution in [1.82, 2.24) is 0 Å². The second-order valence-electron chi connectivity index (χ2n) is 3.75. The molecule has 0 aliphatic heterocycles. The maximum atomic E-state index is 9.18. The monoisotopic (exact) mass is 312 g/mol. The molecule has 0 aliphatic carbocycles. The van der Waals surface area contributed by atoms with E-state index in [0.717, 1.165) is 5.69 Å². The molecule has 0 saturated heterocycles. The van der Waals surface area contributed by atoms with Crippen molar-refractivity contribution in [2.75, 3.05) is 10.6 Å². The van der Waals surface area contributed by atoms with Gasteiger partial charge in [-0.25, -0.2) is 0 Å². The summed E-state index contributed by atoms with van der Waals surface area (Å²) in [7, 11) is 0. The van der Waals surface area contributed by atoms with E-state index in [1.54, 1.807) is 42.5 Å². The largest absolute Gasteiger partial charge is 0.508 e. The molecule has 19 heavy (non-hydrogen) atoms. The van der Waals surface area contributed by atoms with Crippen molar-refractivity contribution in [3.63, 3.8) is 0 Å². The molecule has 2 aromatic rings. The molecule has 2 rings (SSSR count). The van der Waals surface area contributed by atoms with E-state index in [9.17, 15) is 5.11 Å². The lowest BCUT2D eigenvalue weighted by atomic mass is 10.3. The van der Waals surface area contributed by atoms with Crippen LogP contribution in [0.3, 0.4) is 0 Å². The van der Waals surface area contributed by atoms with Gasteiger partial charge in [-0.1, -0.05) is 23.2 Å². The highest BCUT2D eigenvalue weighted by Gasteiger charge is 2.04. The van der Waals surface area contributed by atoms with Crippen molar-refractivity contribution in [2.45, 2.75) is 0 Å². The molecule has 0 fully saturated rings. The summed E-state index contributed by atoms with van der Waals surface area (Å²) in [6.07, 6.45) is 0. The molecule has 0 spiro atoms. The molecule has 0 atom stereocenters. The fourth-order valence-electron chi connectivity index (χ4n) is 1.42. The molecule has 98 valence electrons. The van der Waals surface area contributed by atoms with Crippen molar-refractivity contribution in [3.05, 3.63) is 52.5 Å². The number of nitrogens with one attached hydrogen (secondary N) is 2. The van der Waals surface area contributed by atoms with Gasteiger partial charge in [0, 0.05) is 10.7 Å². The van der Waals surface area contributed by atoms with Gasteiger partial charge in [-0.15, -0.1) is 0 Å². The van der Waals surface area contributed by atoms with Crippen molar-refractivity contribution >= 4 is 51.9 Å². The molecule has 0 amide bonds. The number of hydrogen-bond donors (Lipinski definition) is 3. The van der Waals surface area contributed by atoms with Crippen LogP contribution in [-0.4, -0.2) is 10.2 Å². The van der Waals surface area contributed by atoms with E-state index in [0.29, 0.717) is 20.8 Å². The van der Waals surface area contributed by atoms with Crippen LogP contribution >= 0.6 is 35.4 Å². The van der Waals surface area contributed by atoms with Crippen molar-refractivity contribution < 1.29 is 5.11 Å². The van der Waals surface area contributed by atoms with Crippen molar-refractivity contribution in [1.29, 1.82) is 0 Å². The van der Waals surface area contributed by atoms with Gasteiger partial charge in [0.1, 0.15) is 5.75 Å². The lowest BCUT2D eigenvalue weighted by Crippen LogP contribution is -2.19. The number of hydrogen-bond acceptors (Lipinski definition) is 2. The lowest BCUT2D eigenvalue weighted by molar-refractivity contribution is 0.475. The fraction of sp³-hybridized carbons (Fsp3) is 0. The van der Waals surface area contributed by atoms with Gasteiger partial charge in [0.15, 0.2) is 5.11 Å². The smallest absolute Gasteiger partial charge is 0.175 e. The van der Waals surface area contributed by atoms with Gasteiger partial charge < -0.3 is 15.7 Å². The molecule has 3 nitrogen and oxygen atoms in total. The Hall–Kier alpha value is -1.49. The number of anilines is 2. The molecule has 0 bridgehead atoms. The highest BCUT2D eigenvalue weighted by atomic mass is 35.5. The number of phenols is 1. The molecule has 0 unspecified atom stereocenters. The third-order valence-electron chi connectivity index (χ3n) is 2.30. The van der Waals surface area contributed by atoms with Gasteiger partial charge in [-0.2, -0.15) is 0 Å². The molecule has 0 radical (unpaired) electrons. The number of phenolic OH excluding ortho intramolecular Hbond substituents is 1. The van der Waals surface area contributed by atoms with E-state index < -0.39 is 0 Å². The summed E-state index contributed by atoms with van der Waals surface area (Å²) in [6, 6.07) is 11.7. The minimum atomic E-state index is 0.199. The zero-order valence-corrected chi connectivity index (χ0v) is 12.0. The minimum Gasteiger partial charge on any atom is -0.508 e. The van der Waals surface area contributed by atoms with Gasteiger partial charge in [-0.05, 0) is 54.7 Å². The van der Waals surface area contributed by atoms with E-state index in [2.05, 4.69) is 10.6 Å². The van der Waals surface area contributed by atoms with E-state index in [-0.39, 0.29) is 5.75 Å². The first-order valence-corrected chi connectivity index (χ1v) is 6.53. The Balaban J connectivity index is 2.03.